The minimum Gasteiger partial charge on any atom is -0.466 e. The molecular weight excluding hydrogens is 320 g/mol. The fraction of sp³-hybridized carbons (Fsp3) is 0.368. The molecule has 25 heavy (non-hydrogen) atoms. The van der Waals surface area contributed by atoms with Crippen LogP contribution in [0.5, 0.6) is 0 Å². The minimum atomic E-state index is -1.33. The topological polar surface area (TPSA) is 91.6 Å². The highest BCUT2D eigenvalue weighted by atomic mass is 16.4. The van der Waals surface area contributed by atoms with Crippen LogP contribution >= 0.6 is 0 Å². The van der Waals surface area contributed by atoms with E-state index < -0.39 is 16.9 Å². The van der Waals surface area contributed by atoms with Crippen LogP contribution in [0.2, 0.25) is 0 Å². The van der Waals surface area contributed by atoms with Gasteiger partial charge in [0, 0.05) is 5.41 Å². The number of benzene rings is 1. The normalized spacial score (nSPS) is 13.8. The molecule has 1 aromatic heterocycles. The first-order chi connectivity index (χ1) is 11.6. The number of furan rings is 1. The van der Waals surface area contributed by atoms with Crippen LogP contribution in [0.25, 0.3) is 0 Å². The highest BCUT2D eigenvalue weighted by Gasteiger charge is 2.28. The third kappa shape index (κ3) is 4.70. The molecule has 1 atom stereocenters. The molecule has 0 saturated carbocycles. The second-order valence-electron chi connectivity index (χ2n) is 7.18. The summed E-state index contributed by atoms with van der Waals surface area (Å²) in [6, 6.07) is 10.1. The second-order valence-corrected chi connectivity index (χ2v) is 7.18. The van der Waals surface area contributed by atoms with Gasteiger partial charge in [-0.2, -0.15) is 0 Å². The van der Waals surface area contributed by atoms with Crippen molar-refractivity contribution in [2.45, 2.75) is 33.3 Å². The number of para-hydroxylation sites is 1. The molecule has 2 aromatic rings. The first-order valence-electron chi connectivity index (χ1n) is 8.06. The van der Waals surface area contributed by atoms with Gasteiger partial charge in [0.15, 0.2) is 0 Å². The van der Waals surface area contributed by atoms with Crippen molar-refractivity contribution in [1.82, 2.24) is 5.32 Å². The lowest BCUT2D eigenvalue weighted by molar-refractivity contribution is -0.123. The van der Waals surface area contributed by atoms with Crippen LogP contribution in [-0.4, -0.2) is 23.5 Å². The van der Waals surface area contributed by atoms with Gasteiger partial charge in [-0.15, -0.1) is 0 Å². The van der Waals surface area contributed by atoms with Crippen molar-refractivity contribution < 1.29 is 19.1 Å². The fourth-order valence-corrected chi connectivity index (χ4v) is 2.12. The Hall–Kier alpha value is -2.60. The number of aliphatic hydroxyl groups is 1. The molecule has 0 saturated heterocycles. The van der Waals surface area contributed by atoms with E-state index in [2.05, 4.69) is 10.6 Å². The van der Waals surface area contributed by atoms with Gasteiger partial charge in [-0.25, -0.2) is 0 Å². The molecule has 6 heteroatoms. The third-order valence-electron chi connectivity index (χ3n) is 3.75. The number of carbonyl (C=O) groups is 2. The predicted octanol–water partition coefficient (Wildman–Crippen LogP) is 2.90. The van der Waals surface area contributed by atoms with Gasteiger partial charge in [0.25, 0.3) is 5.91 Å². The summed E-state index contributed by atoms with van der Waals surface area (Å²) < 4.78 is 5.19. The molecule has 134 valence electrons. The van der Waals surface area contributed by atoms with Gasteiger partial charge in [0.05, 0.1) is 24.1 Å². The Balaban J connectivity index is 2.11. The Morgan fingerprint density at radius 1 is 1.08 bits per heavy atom. The minimum absolute atomic E-state index is 0.0269. The van der Waals surface area contributed by atoms with Crippen molar-refractivity contribution in [3.8, 4) is 0 Å². The fourth-order valence-electron chi connectivity index (χ4n) is 2.12. The summed E-state index contributed by atoms with van der Waals surface area (Å²) in [6.45, 7) is 6.92. The van der Waals surface area contributed by atoms with Gasteiger partial charge in [-0.05, 0) is 31.2 Å². The summed E-state index contributed by atoms with van der Waals surface area (Å²) in [6.07, 6.45) is 1.46. The van der Waals surface area contributed by atoms with E-state index in [4.69, 9.17) is 4.42 Å². The van der Waals surface area contributed by atoms with Gasteiger partial charge < -0.3 is 20.2 Å². The van der Waals surface area contributed by atoms with E-state index in [1.54, 1.807) is 64.1 Å². The van der Waals surface area contributed by atoms with Crippen molar-refractivity contribution in [3.63, 3.8) is 0 Å². The number of hydrogen-bond acceptors (Lipinski definition) is 4. The quantitative estimate of drug-likeness (QED) is 0.778. The largest absolute Gasteiger partial charge is 0.466 e. The van der Waals surface area contributed by atoms with Crippen molar-refractivity contribution in [3.05, 3.63) is 54.0 Å². The summed E-state index contributed by atoms with van der Waals surface area (Å²) in [5.74, 6) is -0.214. The van der Waals surface area contributed by atoms with Crippen LogP contribution in [0.4, 0.5) is 5.69 Å². The molecule has 0 spiro atoms. The highest BCUT2D eigenvalue weighted by Crippen LogP contribution is 2.22. The first kappa shape index (κ1) is 18.7. The summed E-state index contributed by atoms with van der Waals surface area (Å²) >= 11 is 0. The SMILES string of the molecule is CC(C)(C)C(=O)Nc1ccccc1C(=O)NCC(C)(O)c1ccco1. The lowest BCUT2D eigenvalue weighted by Crippen LogP contribution is -2.38. The second kappa shape index (κ2) is 7.11. The van der Waals surface area contributed by atoms with Crippen molar-refractivity contribution in [2.24, 2.45) is 5.41 Å². The van der Waals surface area contributed by atoms with Crippen molar-refractivity contribution in [2.75, 3.05) is 11.9 Å². The zero-order chi connectivity index (χ0) is 18.7. The van der Waals surface area contributed by atoms with Crippen LogP contribution in [-0.2, 0) is 10.4 Å². The number of amides is 2. The van der Waals surface area contributed by atoms with Crippen molar-refractivity contribution in [1.29, 1.82) is 0 Å². The zero-order valence-electron chi connectivity index (χ0n) is 14.9. The van der Waals surface area contributed by atoms with E-state index in [0.29, 0.717) is 17.0 Å². The molecular formula is C19H24N2O4. The number of rotatable bonds is 5. The van der Waals surface area contributed by atoms with Gasteiger partial charge in [0.1, 0.15) is 11.4 Å². The summed E-state index contributed by atoms with van der Waals surface area (Å²) in [7, 11) is 0. The van der Waals surface area contributed by atoms with Crippen LogP contribution in [0.15, 0.2) is 47.1 Å². The monoisotopic (exact) mass is 344 g/mol. The number of nitrogens with one attached hydrogen (secondary N) is 2. The molecule has 0 aliphatic heterocycles. The first-order valence-corrected chi connectivity index (χ1v) is 8.06. The van der Waals surface area contributed by atoms with Gasteiger partial charge in [0.2, 0.25) is 5.91 Å². The van der Waals surface area contributed by atoms with Crippen molar-refractivity contribution >= 4 is 17.5 Å². The number of carbonyl (C=O) groups excluding carboxylic acids is 2. The predicted molar refractivity (Wildman–Crippen MR) is 95.1 cm³/mol. The average Bonchev–Trinajstić information content (AvgIpc) is 3.07. The maximum Gasteiger partial charge on any atom is 0.253 e. The van der Waals surface area contributed by atoms with E-state index >= 15 is 0 Å². The Bertz CT molecular complexity index is 743. The molecule has 0 radical (unpaired) electrons. The summed E-state index contributed by atoms with van der Waals surface area (Å²) in [5.41, 5.74) is -1.15. The zero-order valence-corrected chi connectivity index (χ0v) is 14.9. The molecule has 0 fully saturated rings. The van der Waals surface area contributed by atoms with E-state index in [9.17, 15) is 14.7 Å². The van der Waals surface area contributed by atoms with E-state index in [1.807, 2.05) is 0 Å². The van der Waals surface area contributed by atoms with E-state index in [0.717, 1.165) is 0 Å². The van der Waals surface area contributed by atoms with Gasteiger partial charge in [-0.1, -0.05) is 32.9 Å². The average molecular weight is 344 g/mol. The molecule has 1 heterocycles. The molecule has 1 unspecified atom stereocenters. The summed E-state index contributed by atoms with van der Waals surface area (Å²) in [4.78, 5) is 24.7. The third-order valence-corrected chi connectivity index (χ3v) is 3.75. The number of anilines is 1. The van der Waals surface area contributed by atoms with Crippen LogP contribution < -0.4 is 10.6 Å². The standard InChI is InChI=1S/C19H24N2O4/c1-18(2,3)17(23)21-14-9-6-5-8-13(14)16(22)20-12-19(4,24)15-10-7-11-25-15/h5-11,24H,12H2,1-4H3,(H,20,22)(H,21,23). The molecule has 3 N–H and O–H groups in total. The molecule has 0 bridgehead atoms. The Morgan fingerprint density at radius 2 is 1.76 bits per heavy atom. The molecule has 6 nitrogen and oxygen atoms in total. The lowest BCUT2D eigenvalue weighted by atomic mass is 9.95. The number of hydrogen-bond donors (Lipinski definition) is 3. The summed E-state index contributed by atoms with van der Waals surface area (Å²) in [5, 5.41) is 15.9. The van der Waals surface area contributed by atoms with E-state index in [1.165, 1.54) is 6.26 Å². The maximum atomic E-state index is 12.5. The highest BCUT2D eigenvalue weighted by molar-refractivity contribution is 6.04. The van der Waals surface area contributed by atoms with Crippen LogP contribution in [0, 0.1) is 5.41 Å². The maximum absolute atomic E-state index is 12.5. The van der Waals surface area contributed by atoms with Crippen LogP contribution in [0.3, 0.4) is 0 Å². The Kier molecular flexibility index (Phi) is 5.33. The van der Waals surface area contributed by atoms with Crippen LogP contribution in [0.1, 0.15) is 43.8 Å². The molecule has 2 rings (SSSR count). The molecule has 2 amide bonds. The lowest BCUT2D eigenvalue weighted by Gasteiger charge is -2.22. The molecule has 0 aliphatic rings. The van der Waals surface area contributed by atoms with E-state index in [-0.39, 0.29) is 12.5 Å². The Morgan fingerprint density at radius 3 is 2.36 bits per heavy atom. The molecule has 0 aliphatic carbocycles. The van der Waals surface area contributed by atoms with Gasteiger partial charge >= 0.3 is 0 Å². The smallest absolute Gasteiger partial charge is 0.253 e. The molecule has 1 aromatic carbocycles. The van der Waals surface area contributed by atoms with Gasteiger partial charge in [-0.3, -0.25) is 9.59 Å². The Labute approximate surface area is 147 Å².